The predicted octanol–water partition coefficient (Wildman–Crippen LogP) is 4.16. The molecule has 2 aromatic rings. The summed E-state index contributed by atoms with van der Waals surface area (Å²) in [5.74, 6) is -0.312. The lowest BCUT2D eigenvalue weighted by Gasteiger charge is -2.10. The van der Waals surface area contributed by atoms with Gasteiger partial charge in [0.05, 0.1) is 12.7 Å². The minimum absolute atomic E-state index is 0.312. The van der Waals surface area contributed by atoms with Crippen LogP contribution in [0.2, 0.25) is 0 Å². The van der Waals surface area contributed by atoms with Gasteiger partial charge >= 0.3 is 5.97 Å². The number of halogens is 1. The summed E-state index contributed by atoms with van der Waals surface area (Å²) in [5, 5.41) is 3.38. The van der Waals surface area contributed by atoms with Crippen molar-refractivity contribution in [1.82, 2.24) is 0 Å². The third kappa shape index (κ3) is 3.61. The highest BCUT2D eigenvalue weighted by atomic mass is 79.9. The summed E-state index contributed by atoms with van der Waals surface area (Å²) in [6.07, 6.45) is 0. The second kappa shape index (κ2) is 6.57. The molecular formula is C16H16BrNO2. The second-order valence-corrected chi connectivity index (χ2v) is 5.42. The summed E-state index contributed by atoms with van der Waals surface area (Å²) in [6, 6.07) is 13.5. The van der Waals surface area contributed by atoms with E-state index in [1.165, 1.54) is 12.7 Å². The zero-order valence-electron chi connectivity index (χ0n) is 11.4. The first kappa shape index (κ1) is 14.6. The number of methoxy groups -OCH3 is 1. The minimum atomic E-state index is -0.312. The van der Waals surface area contributed by atoms with Gasteiger partial charge in [-0.2, -0.15) is 0 Å². The largest absolute Gasteiger partial charge is 0.465 e. The molecule has 0 heterocycles. The van der Waals surface area contributed by atoms with Crippen molar-refractivity contribution >= 4 is 27.6 Å². The van der Waals surface area contributed by atoms with E-state index < -0.39 is 0 Å². The molecule has 0 saturated heterocycles. The Labute approximate surface area is 127 Å². The van der Waals surface area contributed by atoms with Crippen molar-refractivity contribution in [1.29, 1.82) is 0 Å². The summed E-state index contributed by atoms with van der Waals surface area (Å²) in [5.41, 5.74) is 3.96. The number of carbonyl (C=O) groups excluding carboxylic acids is 1. The molecule has 20 heavy (non-hydrogen) atoms. The molecule has 0 atom stereocenters. The quantitative estimate of drug-likeness (QED) is 0.854. The number of rotatable bonds is 4. The molecule has 0 saturated carbocycles. The molecule has 0 aliphatic heterocycles. The average molecular weight is 334 g/mol. The van der Waals surface area contributed by atoms with E-state index in [1.54, 1.807) is 12.1 Å². The van der Waals surface area contributed by atoms with Crippen LogP contribution in [0.25, 0.3) is 0 Å². The van der Waals surface area contributed by atoms with Gasteiger partial charge < -0.3 is 10.1 Å². The van der Waals surface area contributed by atoms with E-state index in [0.29, 0.717) is 12.1 Å². The maximum Gasteiger partial charge on any atom is 0.337 e. The molecule has 4 heteroatoms. The van der Waals surface area contributed by atoms with Gasteiger partial charge in [-0.1, -0.05) is 28.1 Å². The number of esters is 1. The van der Waals surface area contributed by atoms with Crippen LogP contribution in [0.1, 0.15) is 21.5 Å². The third-order valence-corrected chi connectivity index (χ3v) is 3.54. The normalized spacial score (nSPS) is 10.2. The predicted molar refractivity (Wildman–Crippen MR) is 84.0 cm³/mol. The van der Waals surface area contributed by atoms with Gasteiger partial charge in [0.15, 0.2) is 0 Å². The van der Waals surface area contributed by atoms with Gasteiger partial charge in [-0.05, 0) is 48.4 Å². The molecule has 0 aromatic heterocycles. The smallest absolute Gasteiger partial charge is 0.337 e. The van der Waals surface area contributed by atoms with Crippen molar-refractivity contribution in [2.45, 2.75) is 13.5 Å². The lowest BCUT2D eigenvalue weighted by atomic mass is 10.1. The standard InChI is InChI=1S/C16H16BrNO2/c1-11-9-14(17)7-8-15(11)18-10-12-3-5-13(6-4-12)16(19)20-2/h3-9,18H,10H2,1-2H3. The van der Waals surface area contributed by atoms with E-state index in [0.717, 1.165) is 15.7 Å². The van der Waals surface area contributed by atoms with Crippen LogP contribution < -0.4 is 5.32 Å². The second-order valence-electron chi connectivity index (χ2n) is 4.50. The maximum atomic E-state index is 11.3. The first-order chi connectivity index (χ1) is 9.60. The van der Waals surface area contributed by atoms with E-state index in [9.17, 15) is 4.79 Å². The highest BCUT2D eigenvalue weighted by Gasteiger charge is 2.04. The molecular weight excluding hydrogens is 318 g/mol. The van der Waals surface area contributed by atoms with Gasteiger partial charge in [0.2, 0.25) is 0 Å². The van der Waals surface area contributed by atoms with Crippen LogP contribution in [0.5, 0.6) is 0 Å². The maximum absolute atomic E-state index is 11.3. The van der Waals surface area contributed by atoms with E-state index in [2.05, 4.69) is 39.0 Å². The van der Waals surface area contributed by atoms with E-state index >= 15 is 0 Å². The number of nitrogens with one attached hydrogen (secondary N) is 1. The van der Waals surface area contributed by atoms with Crippen LogP contribution >= 0.6 is 15.9 Å². The molecule has 2 rings (SSSR count). The zero-order chi connectivity index (χ0) is 14.5. The van der Waals surface area contributed by atoms with Crippen LogP contribution in [0, 0.1) is 6.92 Å². The fourth-order valence-corrected chi connectivity index (χ4v) is 2.37. The Kier molecular flexibility index (Phi) is 4.79. The molecule has 0 spiro atoms. The topological polar surface area (TPSA) is 38.3 Å². The Morgan fingerprint density at radius 2 is 1.90 bits per heavy atom. The van der Waals surface area contributed by atoms with Crippen molar-refractivity contribution in [3.05, 3.63) is 63.6 Å². The van der Waals surface area contributed by atoms with E-state index in [-0.39, 0.29) is 5.97 Å². The monoisotopic (exact) mass is 333 g/mol. The van der Waals surface area contributed by atoms with Gasteiger partial charge in [0.25, 0.3) is 0 Å². The number of aryl methyl sites for hydroxylation is 1. The van der Waals surface area contributed by atoms with Crippen molar-refractivity contribution < 1.29 is 9.53 Å². The number of carbonyl (C=O) groups is 1. The molecule has 0 aliphatic carbocycles. The van der Waals surface area contributed by atoms with Gasteiger partial charge in [-0.3, -0.25) is 0 Å². The lowest BCUT2D eigenvalue weighted by Crippen LogP contribution is -2.03. The summed E-state index contributed by atoms with van der Waals surface area (Å²) in [6.45, 7) is 2.78. The Balaban J connectivity index is 2.02. The summed E-state index contributed by atoms with van der Waals surface area (Å²) >= 11 is 3.45. The number of hydrogen-bond acceptors (Lipinski definition) is 3. The first-order valence-electron chi connectivity index (χ1n) is 6.27. The molecule has 0 amide bonds. The molecule has 0 radical (unpaired) electrons. The summed E-state index contributed by atoms with van der Waals surface area (Å²) in [7, 11) is 1.38. The van der Waals surface area contributed by atoms with Crippen LogP contribution in [-0.2, 0) is 11.3 Å². The molecule has 0 fully saturated rings. The Hall–Kier alpha value is -1.81. The molecule has 104 valence electrons. The highest BCUT2D eigenvalue weighted by molar-refractivity contribution is 9.10. The van der Waals surface area contributed by atoms with Crippen LogP contribution in [0.15, 0.2) is 46.9 Å². The Morgan fingerprint density at radius 1 is 1.20 bits per heavy atom. The SMILES string of the molecule is COC(=O)c1ccc(CNc2ccc(Br)cc2C)cc1. The van der Waals surface area contributed by atoms with Crippen molar-refractivity contribution in [2.24, 2.45) is 0 Å². The van der Waals surface area contributed by atoms with Crippen molar-refractivity contribution in [2.75, 3.05) is 12.4 Å². The van der Waals surface area contributed by atoms with Gasteiger partial charge in [-0.25, -0.2) is 4.79 Å². The number of hydrogen-bond donors (Lipinski definition) is 1. The van der Waals surface area contributed by atoms with Gasteiger partial charge in [0.1, 0.15) is 0 Å². The summed E-state index contributed by atoms with van der Waals surface area (Å²) in [4.78, 5) is 11.3. The van der Waals surface area contributed by atoms with Crippen LogP contribution in [-0.4, -0.2) is 13.1 Å². The zero-order valence-corrected chi connectivity index (χ0v) is 13.0. The lowest BCUT2D eigenvalue weighted by molar-refractivity contribution is 0.0600. The Bertz CT molecular complexity index is 608. The number of benzene rings is 2. The molecule has 0 bridgehead atoms. The molecule has 0 aliphatic rings. The molecule has 0 unspecified atom stereocenters. The molecule has 2 aromatic carbocycles. The third-order valence-electron chi connectivity index (χ3n) is 3.05. The van der Waals surface area contributed by atoms with E-state index in [1.807, 2.05) is 24.3 Å². The van der Waals surface area contributed by atoms with Gasteiger partial charge in [-0.15, -0.1) is 0 Å². The average Bonchev–Trinajstić information content (AvgIpc) is 2.46. The van der Waals surface area contributed by atoms with Crippen LogP contribution in [0.3, 0.4) is 0 Å². The van der Waals surface area contributed by atoms with Crippen LogP contribution in [0.4, 0.5) is 5.69 Å². The molecule has 3 nitrogen and oxygen atoms in total. The summed E-state index contributed by atoms with van der Waals surface area (Å²) < 4.78 is 5.75. The minimum Gasteiger partial charge on any atom is -0.465 e. The highest BCUT2D eigenvalue weighted by Crippen LogP contribution is 2.20. The molecule has 1 N–H and O–H groups in total. The van der Waals surface area contributed by atoms with E-state index in [4.69, 9.17) is 0 Å². The Morgan fingerprint density at radius 3 is 2.50 bits per heavy atom. The van der Waals surface area contributed by atoms with Gasteiger partial charge in [0, 0.05) is 16.7 Å². The van der Waals surface area contributed by atoms with Crippen molar-refractivity contribution in [3.8, 4) is 0 Å². The fraction of sp³-hybridized carbons (Fsp3) is 0.188. The fourth-order valence-electron chi connectivity index (χ4n) is 1.90. The number of ether oxygens (including phenoxy) is 1. The first-order valence-corrected chi connectivity index (χ1v) is 7.06. The van der Waals surface area contributed by atoms with Crippen molar-refractivity contribution in [3.63, 3.8) is 0 Å². The number of anilines is 1.